The highest BCUT2D eigenvalue weighted by Crippen LogP contribution is 1.91. The van der Waals surface area contributed by atoms with E-state index >= 15 is 0 Å². The van der Waals surface area contributed by atoms with Crippen molar-refractivity contribution in [3.8, 4) is 0 Å². The van der Waals surface area contributed by atoms with E-state index in [2.05, 4.69) is 16.6 Å². The van der Waals surface area contributed by atoms with E-state index in [0.717, 1.165) is 0 Å². The summed E-state index contributed by atoms with van der Waals surface area (Å²) < 4.78 is 9.23. The molecule has 0 aromatic carbocycles. The van der Waals surface area contributed by atoms with E-state index in [9.17, 15) is 9.59 Å². The minimum Gasteiger partial charge on any atom is -0.460 e. The maximum absolute atomic E-state index is 11.0. The molecule has 0 aliphatic heterocycles. The Morgan fingerprint density at radius 1 is 1.41 bits per heavy atom. The molecule has 0 saturated heterocycles. The molecule has 7 nitrogen and oxygen atoms in total. The third-order valence-corrected chi connectivity index (χ3v) is 1.57. The van der Waals surface area contributed by atoms with E-state index in [1.54, 1.807) is 0 Å². The number of alkyl carbamates (subject to hydrolysis) is 1. The van der Waals surface area contributed by atoms with Gasteiger partial charge in [-0.2, -0.15) is 0 Å². The van der Waals surface area contributed by atoms with Gasteiger partial charge in [0.15, 0.2) is 0 Å². The van der Waals surface area contributed by atoms with Gasteiger partial charge in [-0.3, -0.25) is 0 Å². The Morgan fingerprint density at radius 3 is 2.59 bits per heavy atom. The summed E-state index contributed by atoms with van der Waals surface area (Å²) in [7, 11) is 0. The van der Waals surface area contributed by atoms with Crippen molar-refractivity contribution in [3.05, 3.63) is 12.2 Å². The second-order valence-corrected chi connectivity index (χ2v) is 3.28. The lowest BCUT2D eigenvalue weighted by atomic mass is 10.4. The first-order valence-electron chi connectivity index (χ1n) is 4.99. The van der Waals surface area contributed by atoms with Crippen LogP contribution >= 0.6 is 0 Å². The minimum absolute atomic E-state index is 0.00332. The van der Waals surface area contributed by atoms with Crippen LogP contribution in [0.3, 0.4) is 0 Å². The first kappa shape index (κ1) is 15.4. The predicted octanol–water partition coefficient (Wildman–Crippen LogP) is -0.815. The summed E-state index contributed by atoms with van der Waals surface area (Å²) in [5.74, 6) is -0.532. The third kappa shape index (κ3) is 8.23. The summed E-state index contributed by atoms with van der Waals surface area (Å²) in [6.07, 6.45) is -1.86. The van der Waals surface area contributed by atoms with Gasteiger partial charge >= 0.3 is 12.1 Å². The molecule has 0 spiro atoms. The number of nitrogens with one attached hydrogen (secondary N) is 1. The highest BCUT2D eigenvalue weighted by atomic mass is 16.6. The normalized spacial score (nSPS) is 11.5. The van der Waals surface area contributed by atoms with Crippen molar-refractivity contribution in [1.29, 1.82) is 0 Å². The number of ether oxygens (including phenoxy) is 2. The molecule has 0 saturated carbocycles. The standard InChI is InChI=1S/C10H17NO6/c1-7(2)9(14)16-4-3-11-10(15)17-6-8(13)5-12/h8,12-13H,1,3-6H2,2H3,(H,11,15). The van der Waals surface area contributed by atoms with Gasteiger partial charge in [-0.15, -0.1) is 0 Å². The van der Waals surface area contributed by atoms with E-state index in [1.165, 1.54) is 6.92 Å². The highest BCUT2D eigenvalue weighted by molar-refractivity contribution is 5.86. The number of esters is 1. The Bertz CT molecular complexity index is 278. The fraction of sp³-hybridized carbons (Fsp3) is 0.600. The zero-order chi connectivity index (χ0) is 13.3. The number of hydrogen-bond acceptors (Lipinski definition) is 6. The van der Waals surface area contributed by atoms with Crippen molar-refractivity contribution in [3.63, 3.8) is 0 Å². The molecule has 0 aromatic rings. The van der Waals surface area contributed by atoms with Crippen molar-refractivity contribution in [2.45, 2.75) is 13.0 Å². The molecule has 0 aliphatic carbocycles. The molecule has 0 aromatic heterocycles. The van der Waals surface area contributed by atoms with Gasteiger partial charge in [0.2, 0.25) is 0 Å². The van der Waals surface area contributed by atoms with E-state index in [0.29, 0.717) is 0 Å². The first-order chi connectivity index (χ1) is 7.97. The number of rotatable bonds is 7. The average Bonchev–Trinajstić information content (AvgIpc) is 2.30. The minimum atomic E-state index is -1.10. The maximum Gasteiger partial charge on any atom is 0.407 e. The van der Waals surface area contributed by atoms with Crippen molar-refractivity contribution >= 4 is 12.1 Å². The van der Waals surface area contributed by atoms with E-state index in [-0.39, 0.29) is 25.3 Å². The van der Waals surface area contributed by atoms with Crippen LogP contribution in [0, 0.1) is 0 Å². The summed E-state index contributed by atoms with van der Waals surface area (Å²) in [4.78, 5) is 21.9. The lowest BCUT2D eigenvalue weighted by Crippen LogP contribution is -2.31. The molecule has 0 radical (unpaired) electrons. The van der Waals surface area contributed by atoms with Crippen LogP contribution in [0.15, 0.2) is 12.2 Å². The molecule has 0 rings (SSSR count). The highest BCUT2D eigenvalue weighted by Gasteiger charge is 2.07. The Labute approximate surface area is 99.0 Å². The lowest BCUT2D eigenvalue weighted by molar-refractivity contribution is -0.138. The molecule has 0 fully saturated rings. The molecule has 1 unspecified atom stereocenters. The Morgan fingerprint density at radius 2 is 2.06 bits per heavy atom. The summed E-state index contributed by atoms with van der Waals surface area (Å²) >= 11 is 0. The van der Waals surface area contributed by atoms with Crippen LogP contribution in [0.4, 0.5) is 4.79 Å². The van der Waals surface area contributed by atoms with Crippen LogP contribution in [0.1, 0.15) is 6.92 Å². The summed E-state index contributed by atoms with van der Waals surface area (Å²) in [5, 5.41) is 19.6. The fourth-order valence-electron chi connectivity index (χ4n) is 0.696. The molecule has 0 bridgehead atoms. The molecule has 0 heterocycles. The van der Waals surface area contributed by atoms with Crippen LogP contribution in [0.25, 0.3) is 0 Å². The third-order valence-electron chi connectivity index (χ3n) is 1.57. The molecular weight excluding hydrogens is 230 g/mol. The molecule has 98 valence electrons. The summed E-state index contributed by atoms with van der Waals surface area (Å²) in [6.45, 7) is 4.22. The molecule has 7 heteroatoms. The van der Waals surface area contributed by atoms with E-state index in [4.69, 9.17) is 14.9 Å². The van der Waals surface area contributed by atoms with Crippen molar-refractivity contribution in [2.75, 3.05) is 26.4 Å². The SMILES string of the molecule is C=C(C)C(=O)OCCNC(=O)OCC(O)CO. The maximum atomic E-state index is 11.0. The Hall–Kier alpha value is -1.60. The molecule has 1 atom stereocenters. The second kappa shape index (κ2) is 8.54. The number of hydrogen-bond donors (Lipinski definition) is 3. The lowest BCUT2D eigenvalue weighted by Gasteiger charge is -2.09. The molecule has 0 aliphatic rings. The van der Waals surface area contributed by atoms with E-state index in [1.807, 2.05) is 0 Å². The first-order valence-corrected chi connectivity index (χ1v) is 4.99. The molecule has 3 N–H and O–H groups in total. The molecule has 1 amide bonds. The van der Waals surface area contributed by atoms with Crippen molar-refractivity contribution in [1.82, 2.24) is 5.32 Å². The number of aliphatic hydroxyl groups excluding tert-OH is 2. The number of carbonyl (C=O) groups is 2. The van der Waals surface area contributed by atoms with Gasteiger partial charge in [-0.05, 0) is 6.92 Å². The summed E-state index contributed by atoms with van der Waals surface area (Å²) in [6, 6.07) is 0. The van der Waals surface area contributed by atoms with Gasteiger partial charge in [0.25, 0.3) is 0 Å². The number of amides is 1. The topological polar surface area (TPSA) is 105 Å². The van der Waals surface area contributed by atoms with E-state index < -0.39 is 24.8 Å². The van der Waals surface area contributed by atoms with Crippen LogP contribution in [0.5, 0.6) is 0 Å². The van der Waals surface area contributed by atoms with Crippen molar-refractivity contribution < 1.29 is 29.3 Å². The summed E-state index contributed by atoms with van der Waals surface area (Å²) in [5.41, 5.74) is 0.277. The largest absolute Gasteiger partial charge is 0.460 e. The Balaban J connectivity index is 3.52. The Kier molecular flexibility index (Phi) is 7.74. The number of aliphatic hydroxyl groups is 2. The fourth-order valence-corrected chi connectivity index (χ4v) is 0.696. The van der Waals surface area contributed by atoms with Gasteiger partial charge < -0.3 is 25.0 Å². The van der Waals surface area contributed by atoms with Crippen LogP contribution < -0.4 is 5.32 Å². The van der Waals surface area contributed by atoms with Gasteiger partial charge in [0, 0.05) is 5.57 Å². The monoisotopic (exact) mass is 247 g/mol. The second-order valence-electron chi connectivity index (χ2n) is 3.28. The number of carbonyl (C=O) groups excluding carboxylic acids is 2. The van der Waals surface area contributed by atoms with Crippen molar-refractivity contribution in [2.24, 2.45) is 0 Å². The molecular formula is C10H17NO6. The van der Waals surface area contributed by atoms with Gasteiger partial charge in [0.05, 0.1) is 13.2 Å². The smallest absolute Gasteiger partial charge is 0.407 e. The average molecular weight is 247 g/mol. The van der Waals surface area contributed by atoms with Crippen LogP contribution in [-0.4, -0.2) is 54.7 Å². The van der Waals surface area contributed by atoms with Crippen LogP contribution in [-0.2, 0) is 14.3 Å². The van der Waals surface area contributed by atoms with Gasteiger partial charge in [-0.1, -0.05) is 6.58 Å². The zero-order valence-electron chi connectivity index (χ0n) is 9.64. The zero-order valence-corrected chi connectivity index (χ0v) is 9.64. The quantitative estimate of drug-likeness (QED) is 0.308. The van der Waals surface area contributed by atoms with Gasteiger partial charge in [0.1, 0.15) is 19.3 Å². The molecule has 17 heavy (non-hydrogen) atoms. The predicted molar refractivity (Wildman–Crippen MR) is 58.2 cm³/mol. The van der Waals surface area contributed by atoms with Crippen LogP contribution in [0.2, 0.25) is 0 Å². The van der Waals surface area contributed by atoms with Gasteiger partial charge in [-0.25, -0.2) is 9.59 Å².